The Labute approximate surface area is 178 Å². The highest BCUT2D eigenvalue weighted by atomic mass is 32.2. The molecule has 1 aliphatic carbocycles. The van der Waals surface area contributed by atoms with E-state index in [2.05, 4.69) is 40.7 Å². The summed E-state index contributed by atoms with van der Waals surface area (Å²) in [5.41, 5.74) is 3.19. The second-order valence-corrected chi connectivity index (χ2v) is 9.17. The minimum Gasteiger partial charge on any atom is -0.490 e. The van der Waals surface area contributed by atoms with E-state index in [0.717, 1.165) is 29.7 Å². The van der Waals surface area contributed by atoms with Crippen molar-refractivity contribution in [2.75, 3.05) is 7.05 Å². The van der Waals surface area contributed by atoms with Gasteiger partial charge in [-0.05, 0) is 61.9 Å². The predicted octanol–water partition coefficient (Wildman–Crippen LogP) is 2.83. The summed E-state index contributed by atoms with van der Waals surface area (Å²) in [6.45, 7) is 3.16. The van der Waals surface area contributed by atoms with E-state index in [1.165, 1.54) is 30.5 Å². The number of primary sulfonamides is 1. The van der Waals surface area contributed by atoms with Crippen LogP contribution in [0.1, 0.15) is 42.4 Å². The van der Waals surface area contributed by atoms with Gasteiger partial charge in [0.05, 0.1) is 11.0 Å². The van der Waals surface area contributed by atoms with Crippen molar-refractivity contribution in [2.45, 2.75) is 56.7 Å². The first-order chi connectivity index (χ1) is 14.3. The Bertz CT molecular complexity index is 982. The summed E-state index contributed by atoms with van der Waals surface area (Å²) < 4.78 is 29.0. The van der Waals surface area contributed by atoms with Crippen molar-refractivity contribution in [1.29, 1.82) is 0 Å². The number of nitrogens with zero attached hydrogens (tertiary/aromatic N) is 1. The maximum absolute atomic E-state index is 11.4. The molecule has 8 heteroatoms. The van der Waals surface area contributed by atoms with Crippen molar-refractivity contribution < 1.29 is 13.2 Å². The molecule has 2 aromatic rings. The summed E-state index contributed by atoms with van der Waals surface area (Å²) >= 11 is 0. The number of rotatable bonds is 7. The molecule has 0 spiro atoms. The standard InChI is InChI=1S/C22H30N4O3S/c1-16-7-10-18(21(13-16)29-19-5-3-4-6-19)15-26-22(24-2)25-14-17-8-11-20(12-9-17)30(23,27)28/h7-13,19H,3-6,14-15H2,1-2H3,(H2,23,27,28)(H2,24,25,26). The monoisotopic (exact) mass is 430 g/mol. The average molecular weight is 431 g/mol. The third-order valence-electron chi connectivity index (χ3n) is 5.20. The zero-order valence-corrected chi connectivity index (χ0v) is 18.3. The molecule has 0 saturated heterocycles. The van der Waals surface area contributed by atoms with Crippen molar-refractivity contribution in [1.82, 2.24) is 10.6 Å². The molecule has 1 saturated carbocycles. The second kappa shape index (κ2) is 9.95. The molecule has 0 atom stereocenters. The normalized spacial score (nSPS) is 15.2. The van der Waals surface area contributed by atoms with Crippen LogP contribution in [0.25, 0.3) is 0 Å². The number of sulfonamides is 1. The smallest absolute Gasteiger partial charge is 0.238 e. The van der Waals surface area contributed by atoms with Gasteiger partial charge in [0.2, 0.25) is 10.0 Å². The maximum atomic E-state index is 11.4. The van der Waals surface area contributed by atoms with Crippen molar-refractivity contribution in [3.05, 3.63) is 59.2 Å². The lowest BCUT2D eigenvalue weighted by Crippen LogP contribution is -2.36. The quantitative estimate of drug-likeness (QED) is 0.463. The third-order valence-corrected chi connectivity index (χ3v) is 6.13. The summed E-state index contributed by atoms with van der Waals surface area (Å²) in [7, 11) is -1.97. The highest BCUT2D eigenvalue weighted by Gasteiger charge is 2.18. The van der Waals surface area contributed by atoms with Crippen LogP contribution in [-0.2, 0) is 23.1 Å². The highest BCUT2D eigenvalue weighted by molar-refractivity contribution is 7.89. The van der Waals surface area contributed by atoms with E-state index in [1.807, 2.05) is 0 Å². The van der Waals surface area contributed by atoms with Gasteiger partial charge >= 0.3 is 0 Å². The molecule has 162 valence electrons. The molecular formula is C22H30N4O3S. The number of benzene rings is 2. The fraction of sp³-hybridized carbons (Fsp3) is 0.409. The molecular weight excluding hydrogens is 400 g/mol. The van der Waals surface area contributed by atoms with E-state index < -0.39 is 10.0 Å². The fourth-order valence-electron chi connectivity index (χ4n) is 3.49. The molecule has 0 aliphatic heterocycles. The Morgan fingerprint density at radius 2 is 1.77 bits per heavy atom. The van der Waals surface area contributed by atoms with Crippen LogP contribution in [-0.4, -0.2) is 27.5 Å². The number of hydrogen-bond donors (Lipinski definition) is 3. The molecule has 30 heavy (non-hydrogen) atoms. The molecule has 4 N–H and O–H groups in total. The molecule has 3 rings (SSSR count). The molecule has 0 amide bonds. The molecule has 7 nitrogen and oxygen atoms in total. The summed E-state index contributed by atoms with van der Waals surface area (Å²) in [5, 5.41) is 11.7. The number of guanidine groups is 1. The van der Waals surface area contributed by atoms with Crippen LogP contribution in [0.4, 0.5) is 0 Å². The Morgan fingerprint density at radius 1 is 1.10 bits per heavy atom. The Morgan fingerprint density at radius 3 is 2.40 bits per heavy atom. The van der Waals surface area contributed by atoms with Crippen LogP contribution >= 0.6 is 0 Å². The van der Waals surface area contributed by atoms with E-state index in [0.29, 0.717) is 25.2 Å². The van der Waals surface area contributed by atoms with Gasteiger partial charge in [0, 0.05) is 25.7 Å². The van der Waals surface area contributed by atoms with Crippen LogP contribution in [0.3, 0.4) is 0 Å². The number of hydrogen-bond acceptors (Lipinski definition) is 4. The van der Waals surface area contributed by atoms with Gasteiger partial charge in [-0.25, -0.2) is 13.6 Å². The Kier molecular flexibility index (Phi) is 7.33. The zero-order valence-electron chi connectivity index (χ0n) is 17.5. The molecule has 1 aliphatic rings. The second-order valence-electron chi connectivity index (χ2n) is 7.60. The van der Waals surface area contributed by atoms with Gasteiger partial charge in [-0.15, -0.1) is 0 Å². The maximum Gasteiger partial charge on any atom is 0.238 e. The van der Waals surface area contributed by atoms with Crippen molar-refractivity contribution in [2.24, 2.45) is 10.1 Å². The van der Waals surface area contributed by atoms with Gasteiger partial charge in [-0.1, -0.05) is 24.3 Å². The lowest BCUT2D eigenvalue weighted by Gasteiger charge is -2.18. The van der Waals surface area contributed by atoms with Gasteiger partial charge in [0.15, 0.2) is 5.96 Å². The summed E-state index contributed by atoms with van der Waals surface area (Å²) in [4.78, 5) is 4.36. The Balaban J connectivity index is 1.57. The number of aryl methyl sites for hydroxylation is 1. The van der Waals surface area contributed by atoms with Crippen molar-refractivity contribution in [3.63, 3.8) is 0 Å². The van der Waals surface area contributed by atoms with E-state index in [1.54, 1.807) is 19.2 Å². The van der Waals surface area contributed by atoms with Crippen LogP contribution in [0, 0.1) is 6.92 Å². The van der Waals surface area contributed by atoms with Gasteiger partial charge in [-0.3, -0.25) is 4.99 Å². The number of nitrogens with two attached hydrogens (primary N) is 1. The number of nitrogens with one attached hydrogen (secondary N) is 2. The van der Waals surface area contributed by atoms with E-state index in [-0.39, 0.29) is 4.90 Å². The van der Waals surface area contributed by atoms with Gasteiger partial charge in [0.1, 0.15) is 5.75 Å². The van der Waals surface area contributed by atoms with E-state index in [4.69, 9.17) is 9.88 Å². The molecule has 2 aromatic carbocycles. The van der Waals surface area contributed by atoms with Crippen LogP contribution in [0.15, 0.2) is 52.4 Å². The lowest BCUT2D eigenvalue weighted by molar-refractivity contribution is 0.207. The third kappa shape index (κ3) is 6.21. The van der Waals surface area contributed by atoms with Crippen LogP contribution in [0.5, 0.6) is 5.75 Å². The number of aliphatic imine (C=N–C) groups is 1. The minimum absolute atomic E-state index is 0.0999. The van der Waals surface area contributed by atoms with E-state index in [9.17, 15) is 8.42 Å². The van der Waals surface area contributed by atoms with Crippen molar-refractivity contribution in [3.8, 4) is 5.75 Å². The molecule has 0 heterocycles. The predicted molar refractivity (Wildman–Crippen MR) is 119 cm³/mol. The molecule has 0 bridgehead atoms. The topological polar surface area (TPSA) is 106 Å². The first-order valence-electron chi connectivity index (χ1n) is 10.2. The highest BCUT2D eigenvalue weighted by Crippen LogP contribution is 2.27. The lowest BCUT2D eigenvalue weighted by atomic mass is 10.1. The molecule has 1 fully saturated rings. The van der Waals surface area contributed by atoms with Gasteiger partial charge in [0.25, 0.3) is 0 Å². The summed E-state index contributed by atoms with van der Waals surface area (Å²) in [6.07, 6.45) is 5.02. The largest absolute Gasteiger partial charge is 0.490 e. The fourth-order valence-corrected chi connectivity index (χ4v) is 4.00. The van der Waals surface area contributed by atoms with Crippen molar-refractivity contribution >= 4 is 16.0 Å². The first kappa shape index (κ1) is 22.1. The minimum atomic E-state index is -3.68. The Hall–Kier alpha value is -2.58. The summed E-state index contributed by atoms with van der Waals surface area (Å²) in [5.74, 6) is 1.58. The molecule has 0 aromatic heterocycles. The SMILES string of the molecule is CN=C(NCc1ccc(S(N)(=O)=O)cc1)NCc1ccc(C)cc1OC1CCCC1. The average Bonchev–Trinajstić information content (AvgIpc) is 3.22. The number of ether oxygens (including phenoxy) is 1. The van der Waals surface area contributed by atoms with Gasteiger partial charge in [-0.2, -0.15) is 0 Å². The molecule has 0 unspecified atom stereocenters. The molecule has 0 radical (unpaired) electrons. The van der Waals surface area contributed by atoms with Crippen LogP contribution < -0.4 is 20.5 Å². The van der Waals surface area contributed by atoms with Gasteiger partial charge < -0.3 is 15.4 Å². The first-order valence-corrected chi connectivity index (χ1v) is 11.7. The van der Waals surface area contributed by atoms with Crippen LogP contribution in [0.2, 0.25) is 0 Å². The van der Waals surface area contributed by atoms with E-state index >= 15 is 0 Å². The zero-order chi connectivity index (χ0) is 21.6. The summed E-state index contributed by atoms with van der Waals surface area (Å²) in [6, 6.07) is 12.7.